The van der Waals surface area contributed by atoms with Crippen molar-refractivity contribution in [3.8, 4) is 0 Å². The Hall–Kier alpha value is -1.63. The Morgan fingerprint density at radius 1 is 1.04 bits per heavy atom. The van der Waals surface area contributed by atoms with Gasteiger partial charge in [-0.15, -0.1) is 0 Å². The zero-order valence-electron chi connectivity index (χ0n) is 15.0. The first-order valence-electron chi connectivity index (χ1n) is 8.87. The SMILES string of the molecule is CC(C)(C)NC(=O)NC(=O)CCN1CCC(NC(=O)C2CC2)CC1. The normalized spacial score (nSPS) is 19.6. The summed E-state index contributed by atoms with van der Waals surface area (Å²) in [5.41, 5.74) is -0.364. The third kappa shape index (κ3) is 6.86. The van der Waals surface area contributed by atoms with Crippen LogP contribution < -0.4 is 16.0 Å². The molecule has 7 nitrogen and oxygen atoms in total. The van der Waals surface area contributed by atoms with E-state index >= 15 is 0 Å². The molecule has 1 saturated carbocycles. The molecule has 136 valence electrons. The first-order valence-corrected chi connectivity index (χ1v) is 8.87. The van der Waals surface area contributed by atoms with Gasteiger partial charge < -0.3 is 15.5 Å². The van der Waals surface area contributed by atoms with Gasteiger partial charge in [0.15, 0.2) is 0 Å². The van der Waals surface area contributed by atoms with Gasteiger partial charge in [-0.25, -0.2) is 4.79 Å². The highest BCUT2D eigenvalue weighted by molar-refractivity contribution is 5.94. The molecule has 1 heterocycles. The smallest absolute Gasteiger partial charge is 0.321 e. The maximum Gasteiger partial charge on any atom is 0.321 e. The molecule has 0 bridgehead atoms. The molecule has 0 radical (unpaired) electrons. The number of carbonyl (C=O) groups is 3. The lowest BCUT2D eigenvalue weighted by Gasteiger charge is -2.32. The highest BCUT2D eigenvalue weighted by Crippen LogP contribution is 2.29. The van der Waals surface area contributed by atoms with Gasteiger partial charge in [-0.2, -0.15) is 0 Å². The Bertz CT molecular complexity index is 475. The summed E-state index contributed by atoms with van der Waals surface area (Å²) in [6.07, 6.45) is 4.21. The fourth-order valence-electron chi connectivity index (χ4n) is 2.79. The maximum atomic E-state index is 11.8. The van der Waals surface area contributed by atoms with Crippen LogP contribution >= 0.6 is 0 Å². The number of carbonyl (C=O) groups excluding carboxylic acids is 3. The van der Waals surface area contributed by atoms with Gasteiger partial charge >= 0.3 is 6.03 Å². The third-order valence-electron chi connectivity index (χ3n) is 4.28. The topological polar surface area (TPSA) is 90.5 Å². The Morgan fingerprint density at radius 3 is 2.21 bits per heavy atom. The summed E-state index contributed by atoms with van der Waals surface area (Å²) >= 11 is 0. The van der Waals surface area contributed by atoms with Crippen LogP contribution in [0.5, 0.6) is 0 Å². The quantitative estimate of drug-likeness (QED) is 0.697. The van der Waals surface area contributed by atoms with Crippen LogP contribution in [0.15, 0.2) is 0 Å². The van der Waals surface area contributed by atoms with E-state index in [9.17, 15) is 14.4 Å². The number of nitrogens with one attached hydrogen (secondary N) is 3. The van der Waals surface area contributed by atoms with E-state index in [1.54, 1.807) is 0 Å². The predicted molar refractivity (Wildman–Crippen MR) is 91.4 cm³/mol. The van der Waals surface area contributed by atoms with Crippen LogP contribution in [0.25, 0.3) is 0 Å². The number of urea groups is 1. The molecule has 0 unspecified atom stereocenters. The van der Waals surface area contributed by atoms with Crippen molar-refractivity contribution in [3.05, 3.63) is 0 Å². The van der Waals surface area contributed by atoms with Crippen LogP contribution in [0.1, 0.15) is 52.9 Å². The zero-order chi connectivity index (χ0) is 17.7. The first kappa shape index (κ1) is 18.7. The van der Waals surface area contributed by atoms with Crippen LogP contribution in [0, 0.1) is 5.92 Å². The lowest BCUT2D eigenvalue weighted by atomic mass is 10.0. The highest BCUT2D eigenvalue weighted by Gasteiger charge is 2.31. The van der Waals surface area contributed by atoms with Crippen LogP contribution in [-0.2, 0) is 9.59 Å². The molecular weight excluding hydrogens is 308 g/mol. The molecule has 1 aliphatic heterocycles. The van der Waals surface area contributed by atoms with Crippen LogP contribution in [0.3, 0.4) is 0 Å². The summed E-state index contributed by atoms with van der Waals surface area (Å²) in [5, 5.41) is 8.18. The second-order valence-electron chi connectivity index (χ2n) is 7.90. The summed E-state index contributed by atoms with van der Waals surface area (Å²) in [6, 6.07) is -0.185. The number of hydrogen-bond donors (Lipinski definition) is 3. The van der Waals surface area contributed by atoms with Crippen molar-refractivity contribution in [1.29, 1.82) is 0 Å². The Kier molecular flexibility index (Phi) is 6.21. The summed E-state index contributed by atoms with van der Waals surface area (Å²) < 4.78 is 0. The molecule has 1 aliphatic carbocycles. The highest BCUT2D eigenvalue weighted by atomic mass is 16.2. The maximum absolute atomic E-state index is 11.8. The van der Waals surface area contributed by atoms with E-state index in [2.05, 4.69) is 20.9 Å². The summed E-state index contributed by atoms with van der Waals surface area (Å²) in [6.45, 7) is 7.97. The Labute approximate surface area is 143 Å². The molecule has 0 spiro atoms. The lowest BCUT2D eigenvalue weighted by molar-refractivity contribution is -0.123. The van der Waals surface area contributed by atoms with Gasteiger partial charge in [0.25, 0.3) is 0 Å². The van der Waals surface area contributed by atoms with Gasteiger partial charge in [0.05, 0.1) is 0 Å². The summed E-state index contributed by atoms with van der Waals surface area (Å²) in [4.78, 5) is 37.4. The van der Waals surface area contributed by atoms with Gasteiger partial charge in [-0.3, -0.25) is 14.9 Å². The van der Waals surface area contributed by atoms with Crippen molar-refractivity contribution in [3.63, 3.8) is 0 Å². The van der Waals surface area contributed by atoms with Crippen molar-refractivity contribution in [2.24, 2.45) is 5.92 Å². The monoisotopic (exact) mass is 338 g/mol. The van der Waals surface area contributed by atoms with Crippen molar-refractivity contribution >= 4 is 17.8 Å². The molecule has 3 N–H and O–H groups in total. The molecule has 0 aromatic carbocycles. The van der Waals surface area contributed by atoms with E-state index in [1.807, 2.05) is 20.8 Å². The van der Waals surface area contributed by atoms with E-state index in [0.29, 0.717) is 13.0 Å². The molecule has 2 aliphatic rings. The van der Waals surface area contributed by atoms with Crippen LogP contribution in [0.4, 0.5) is 4.79 Å². The minimum absolute atomic E-state index is 0.206. The van der Waals surface area contributed by atoms with Crippen molar-refractivity contribution in [1.82, 2.24) is 20.9 Å². The van der Waals surface area contributed by atoms with Crippen molar-refractivity contribution < 1.29 is 14.4 Å². The van der Waals surface area contributed by atoms with Crippen molar-refractivity contribution in [2.75, 3.05) is 19.6 Å². The summed E-state index contributed by atoms with van der Waals surface area (Å²) in [7, 11) is 0. The van der Waals surface area contributed by atoms with E-state index < -0.39 is 6.03 Å². The van der Waals surface area contributed by atoms with Crippen molar-refractivity contribution in [2.45, 2.75) is 64.5 Å². The number of rotatable bonds is 5. The molecule has 4 amide bonds. The molecular formula is C17H30N4O3. The van der Waals surface area contributed by atoms with Gasteiger partial charge in [-0.1, -0.05) is 0 Å². The molecule has 2 rings (SSSR count). The predicted octanol–water partition coefficient (Wildman–Crippen LogP) is 0.991. The molecule has 0 aromatic rings. The second-order valence-corrected chi connectivity index (χ2v) is 7.90. The van der Waals surface area contributed by atoms with Crippen LogP contribution in [-0.4, -0.2) is 54.0 Å². The minimum atomic E-state index is -0.450. The fourth-order valence-corrected chi connectivity index (χ4v) is 2.79. The van der Waals surface area contributed by atoms with Crippen LogP contribution in [0.2, 0.25) is 0 Å². The second kappa shape index (κ2) is 7.96. The zero-order valence-corrected chi connectivity index (χ0v) is 15.0. The number of likely N-dealkylation sites (tertiary alicyclic amines) is 1. The molecule has 0 atom stereocenters. The number of amides is 4. The molecule has 1 saturated heterocycles. The molecule has 24 heavy (non-hydrogen) atoms. The van der Waals surface area contributed by atoms with Gasteiger partial charge in [0.2, 0.25) is 11.8 Å². The first-order chi connectivity index (χ1) is 11.2. The van der Waals surface area contributed by atoms with E-state index in [4.69, 9.17) is 0 Å². The van der Waals surface area contributed by atoms with E-state index in [0.717, 1.165) is 38.8 Å². The molecule has 7 heteroatoms. The molecule has 2 fully saturated rings. The molecule has 0 aromatic heterocycles. The minimum Gasteiger partial charge on any atom is -0.353 e. The number of piperidine rings is 1. The van der Waals surface area contributed by atoms with E-state index in [1.165, 1.54) is 0 Å². The average molecular weight is 338 g/mol. The number of nitrogens with zero attached hydrogens (tertiary/aromatic N) is 1. The fraction of sp³-hybridized carbons (Fsp3) is 0.824. The Balaban J connectivity index is 1.59. The average Bonchev–Trinajstić information content (AvgIpc) is 3.29. The number of imide groups is 1. The number of hydrogen-bond acceptors (Lipinski definition) is 4. The van der Waals surface area contributed by atoms with Gasteiger partial charge in [-0.05, 0) is 46.5 Å². The summed E-state index contributed by atoms with van der Waals surface area (Å²) in [5.74, 6) is 0.199. The largest absolute Gasteiger partial charge is 0.353 e. The third-order valence-corrected chi connectivity index (χ3v) is 4.28. The van der Waals surface area contributed by atoms with E-state index in [-0.39, 0.29) is 29.3 Å². The lowest BCUT2D eigenvalue weighted by Crippen LogP contribution is -2.49. The standard InChI is InChI=1S/C17H30N4O3/c1-17(2,3)20-16(24)19-14(22)8-11-21-9-6-13(7-10-21)18-15(23)12-4-5-12/h12-13H,4-11H2,1-3H3,(H,18,23)(H2,19,20,22,24). The van der Waals surface area contributed by atoms with Gasteiger partial charge in [0, 0.05) is 43.6 Å². The Morgan fingerprint density at radius 2 is 1.67 bits per heavy atom. The van der Waals surface area contributed by atoms with Gasteiger partial charge in [0.1, 0.15) is 0 Å².